The van der Waals surface area contributed by atoms with Gasteiger partial charge in [0.15, 0.2) is 5.60 Å². The summed E-state index contributed by atoms with van der Waals surface area (Å²) < 4.78 is 22.5. The molecule has 2 aliphatic rings. The van der Waals surface area contributed by atoms with Crippen molar-refractivity contribution in [2.45, 2.75) is 19.4 Å². The molecule has 0 radical (unpaired) electrons. The molecule has 5 rings (SSSR count). The number of thiocarbonyl (C=S) groups is 1. The lowest BCUT2D eigenvalue weighted by Crippen LogP contribution is -2.33. The van der Waals surface area contributed by atoms with E-state index in [0.29, 0.717) is 45.3 Å². The Hall–Kier alpha value is -4.33. The van der Waals surface area contributed by atoms with E-state index < -0.39 is 23.5 Å². The Bertz CT molecular complexity index is 1340. The highest BCUT2D eigenvalue weighted by molar-refractivity contribution is 7.78. The van der Waals surface area contributed by atoms with Crippen LogP contribution in [0.5, 0.6) is 23.0 Å². The number of aliphatic imine (C=N–C) groups is 1. The maximum Gasteiger partial charge on any atom is 0.340 e. The van der Waals surface area contributed by atoms with Crippen molar-refractivity contribution in [2.24, 2.45) is 4.99 Å². The van der Waals surface area contributed by atoms with Crippen molar-refractivity contribution in [1.82, 2.24) is 0 Å². The van der Waals surface area contributed by atoms with Gasteiger partial charge in [-0.2, -0.15) is 0 Å². The van der Waals surface area contributed by atoms with Gasteiger partial charge in [-0.15, -0.1) is 0 Å². The van der Waals surface area contributed by atoms with E-state index in [4.69, 9.17) is 18.9 Å². The molecule has 3 aromatic carbocycles. The molecule has 0 amide bonds. The first-order chi connectivity index (χ1) is 16.8. The lowest BCUT2D eigenvalue weighted by Gasteiger charge is -2.36. The number of nitrogens with zero attached hydrogens (tertiary/aromatic N) is 1. The standard InChI is InChI=1S/C24H16O7.C2H3NS/c1-13(25)28-15-7-9-19-21(11-15)30-22-12-16(29-14(2)26)8-10-20(22)24(19)18-6-4-3-5-17(18)23(27)31-24;1-3-2-4/h3-12H,1-2H3;1H3. The van der Waals surface area contributed by atoms with Gasteiger partial charge in [-0.05, 0) is 42.5 Å². The Morgan fingerprint density at radius 2 is 1.40 bits per heavy atom. The van der Waals surface area contributed by atoms with Gasteiger partial charge in [0.25, 0.3) is 0 Å². The van der Waals surface area contributed by atoms with Crippen molar-refractivity contribution < 1.29 is 33.3 Å². The first-order valence-electron chi connectivity index (χ1n) is 10.4. The molecule has 0 N–H and O–H groups in total. The lowest BCUT2D eigenvalue weighted by atomic mass is 9.77. The summed E-state index contributed by atoms with van der Waals surface area (Å²) in [5.41, 5.74) is 1.06. The lowest BCUT2D eigenvalue weighted by molar-refractivity contribution is -0.132. The normalized spacial score (nSPS) is 13.4. The second kappa shape index (κ2) is 9.50. The molecule has 1 spiro atoms. The first kappa shape index (κ1) is 23.8. The zero-order valence-corrected chi connectivity index (χ0v) is 19.8. The van der Waals surface area contributed by atoms with Crippen molar-refractivity contribution in [2.75, 3.05) is 7.05 Å². The molecule has 0 aromatic heterocycles. The number of carbonyl (C=O) groups is 3. The third-order valence-corrected chi connectivity index (χ3v) is 5.45. The van der Waals surface area contributed by atoms with E-state index in [-0.39, 0.29) is 0 Å². The quantitative estimate of drug-likeness (QED) is 0.219. The number of fused-ring (bicyclic) bond motifs is 6. The minimum atomic E-state index is -1.25. The summed E-state index contributed by atoms with van der Waals surface area (Å²) in [5.74, 6) is -0.104. The fourth-order valence-corrected chi connectivity index (χ4v) is 4.10. The van der Waals surface area contributed by atoms with Crippen LogP contribution in [-0.4, -0.2) is 30.1 Å². The van der Waals surface area contributed by atoms with Crippen molar-refractivity contribution in [3.05, 3.63) is 82.9 Å². The summed E-state index contributed by atoms with van der Waals surface area (Å²) in [6, 6.07) is 16.9. The molecule has 0 unspecified atom stereocenters. The van der Waals surface area contributed by atoms with Crippen LogP contribution in [-0.2, 0) is 19.9 Å². The van der Waals surface area contributed by atoms with Gasteiger partial charge < -0.3 is 18.9 Å². The van der Waals surface area contributed by atoms with Crippen molar-refractivity contribution >= 4 is 35.3 Å². The highest BCUT2D eigenvalue weighted by Gasteiger charge is 2.53. The van der Waals surface area contributed by atoms with Crippen molar-refractivity contribution in [3.8, 4) is 23.0 Å². The van der Waals surface area contributed by atoms with Crippen LogP contribution in [0, 0.1) is 0 Å². The van der Waals surface area contributed by atoms with E-state index in [9.17, 15) is 14.4 Å². The zero-order chi connectivity index (χ0) is 25.2. The molecular weight excluding hydrogens is 470 g/mol. The molecule has 2 heterocycles. The van der Waals surface area contributed by atoms with Gasteiger partial charge in [0.1, 0.15) is 23.0 Å². The summed E-state index contributed by atoms with van der Waals surface area (Å²) in [6.07, 6.45) is 0. The molecule has 0 bridgehead atoms. The number of esters is 3. The maximum atomic E-state index is 12.8. The van der Waals surface area contributed by atoms with Gasteiger partial charge >= 0.3 is 17.9 Å². The van der Waals surface area contributed by atoms with E-state index in [1.54, 1.807) is 55.6 Å². The Balaban J connectivity index is 0.000000672. The second-order valence-corrected chi connectivity index (χ2v) is 7.72. The van der Waals surface area contributed by atoms with Gasteiger partial charge in [-0.1, -0.05) is 18.2 Å². The molecule has 0 aliphatic carbocycles. The topological polar surface area (TPSA) is 100 Å². The number of carbonyl (C=O) groups excluding carboxylic acids is 3. The number of rotatable bonds is 2. The SMILES string of the molecule is CC(=O)Oc1ccc2c(c1)Oc1cc(OC(C)=O)ccc1C21OC(=O)c2ccccc21.CN=C=S. The van der Waals surface area contributed by atoms with Crippen LogP contribution < -0.4 is 14.2 Å². The van der Waals surface area contributed by atoms with Gasteiger partial charge in [-0.25, -0.2) is 9.79 Å². The summed E-state index contributed by atoms with van der Waals surface area (Å²) in [4.78, 5) is 38.9. The zero-order valence-electron chi connectivity index (χ0n) is 19.0. The molecule has 0 fully saturated rings. The first-order valence-corrected chi connectivity index (χ1v) is 10.8. The molecule has 9 heteroatoms. The Labute approximate surface area is 206 Å². The number of isothiocyanates is 1. The van der Waals surface area contributed by atoms with Gasteiger partial charge in [0, 0.05) is 49.7 Å². The molecular formula is C26H19NO7S. The van der Waals surface area contributed by atoms with Gasteiger partial charge in [0.2, 0.25) is 0 Å². The highest BCUT2D eigenvalue weighted by Crippen LogP contribution is 2.57. The smallest absolute Gasteiger partial charge is 0.340 e. The number of ether oxygens (including phenoxy) is 4. The molecule has 35 heavy (non-hydrogen) atoms. The van der Waals surface area contributed by atoms with E-state index in [1.807, 2.05) is 12.1 Å². The predicted molar refractivity (Wildman–Crippen MR) is 128 cm³/mol. The Kier molecular flexibility index (Phi) is 6.46. The maximum absolute atomic E-state index is 12.8. The van der Waals surface area contributed by atoms with Crippen LogP contribution in [0.25, 0.3) is 0 Å². The van der Waals surface area contributed by atoms with Crippen LogP contribution in [0.4, 0.5) is 0 Å². The van der Waals surface area contributed by atoms with E-state index in [2.05, 4.69) is 22.4 Å². The number of hydrogen-bond acceptors (Lipinski definition) is 9. The number of hydrogen-bond donors (Lipinski definition) is 0. The number of benzene rings is 3. The fraction of sp³-hybridized carbons (Fsp3) is 0.154. The van der Waals surface area contributed by atoms with Crippen LogP contribution in [0.3, 0.4) is 0 Å². The summed E-state index contributed by atoms with van der Waals surface area (Å²) >= 11 is 4.14. The molecule has 8 nitrogen and oxygen atoms in total. The van der Waals surface area contributed by atoms with Crippen molar-refractivity contribution in [1.29, 1.82) is 0 Å². The average molecular weight is 490 g/mol. The Morgan fingerprint density at radius 3 is 1.89 bits per heavy atom. The van der Waals surface area contributed by atoms with Crippen LogP contribution in [0.15, 0.2) is 65.7 Å². The summed E-state index contributed by atoms with van der Waals surface area (Å²) in [7, 11) is 1.59. The van der Waals surface area contributed by atoms with Crippen LogP contribution in [0.1, 0.15) is 40.9 Å². The van der Waals surface area contributed by atoms with E-state index >= 15 is 0 Å². The molecule has 176 valence electrons. The monoisotopic (exact) mass is 489 g/mol. The van der Waals surface area contributed by atoms with Crippen molar-refractivity contribution in [3.63, 3.8) is 0 Å². The second-order valence-electron chi connectivity index (χ2n) is 7.54. The average Bonchev–Trinajstić information content (AvgIpc) is 3.11. The molecule has 0 saturated heterocycles. The molecule has 3 aromatic rings. The minimum absolute atomic E-state index is 0.290. The summed E-state index contributed by atoms with van der Waals surface area (Å²) in [5, 5.41) is 2.14. The fourth-order valence-electron chi connectivity index (χ4n) is 4.10. The largest absolute Gasteiger partial charge is 0.456 e. The third kappa shape index (κ3) is 4.30. The van der Waals surface area contributed by atoms with Crippen LogP contribution >= 0.6 is 12.2 Å². The summed E-state index contributed by atoms with van der Waals surface area (Å²) in [6.45, 7) is 2.61. The van der Waals surface area contributed by atoms with E-state index in [0.717, 1.165) is 0 Å². The minimum Gasteiger partial charge on any atom is -0.456 e. The van der Waals surface area contributed by atoms with Crippen LogP contribution in [0.2, 0.25) is 0 Å². The molecule has 0 atom stereocenters. The molecule has 2 aliphatic heterocycles. The third-order valence-electron chi connectivity index (χ3n) is 5.27. The van der Waals surface area contributed by atoms with E-state index in [1.165, 1.54) is 13.8 Å². The predicted octanol–water partition coefficient (Wildman–Crippen LogP) is 4.82. The molecule has 0 saturated carbocycles. The highest BCUT2D eigenvalue weighted by atomic mass is 32.1. The Morgan fingerprint density at radius 1 is 0.886 bits per heavy atom. The van der Waals surface area contributed by atoms with Gasteiger partial charge in [-0.3, -0.25) is 9.59 Å². The van der Waals surface area contributed by atoms with Gasteiger partial charge in [0.05, 0.1) is 10.7 Å².